The maximum atomic E-state index is 13.0. The van der Waals surface area contributed by atoms with Gasteiger partial charge in [-0.1, -0.05) is 42.0 Å². The average molecular weight is 369 g/mol. The third kappa shape index (κ3) is 6.01. The SMILES string of the molecule is Cc1ccc([C@@H](C[NH+]2CCOCC2)NC(=O)/C=C/c2ccc(F)cc2)cc1. The molecule has 1 amide bonds. The van der Waals surface area contributed by atoms with Crippen molar-refractivity contribution in [1.82, 2.24) is 5.32 Å². The van der Waals surface area contributed by atoms with E-state index in [0.29, 0.717) is 0 Å². The summed E-state index contributed by atoms with van der Waals surface area (Å²) in [6.45, 7) is 6.29. The van der Waals surface area contributed by atoms with Gasteiger partial charge in [-0.05, 0) is 36.3 Å². The Morgan fingerprint density at radius 1 is 1.15 bits per heavy atom. The zero-order valence-electron chi connectivity index (χ0n) is 15.6. The van der Waals surface area contributed by atoms with Crippen LogP contribution in [0.3, 0.4) is 0 Å². The molecule has 5 heteroatoms. The maximum absolute atomic E-state index is 13.0. The van der Waals surface area contributed by atoms with Crippen molar-refractivity contribution in [1.29, 1.82) is 0 Å². The van der Waals surface area contributed by atoms with Crippen LogP contribution < -0.4 is 10.2 Å². The Labute approximate surface area is 159 Å². The van der Waals surface area contributed by atoms with E-state index in [2.05, 4.69) is 36.5 Å². The lowest BCUT2D eigenvalue weighted by Crippen LogP contribution is -3.14. The van der Waals surface area contributed by atoms with Gasteiger partial charge >= 0.3 is 0 Å². The minimum Gasteiger partial charge on any atom is -0.370 e. The van der Waals surface area contributed by atoms with Gasteiger partial charge in [0.15, 0.2) is 0 Å². The second kappa shape index (κ2) is 9.44. The van der Waals surface area contributed by atoms with Crippen LogP contribution in [0.15, 0.2) is 54.6 Å². The fourth-order valence-electron chi connectivity index (χ4n) is 3.17. The van der Waals surface area contributed by atoms with Crippen LogP contribution in [0.5, 0.6) is 0 Å². The Balaban J connectivity index is 1.68. The van der Waals surface area contributed by atoms with Gasteiger partial charge in [-0.15, -0.1) is 0 Å². The average Bonchev–Trinajstić information content (AvgIpc) is 2.68. The van der Waals surface area contributed by atoms with Crippen molar-refractivity contribution in [3.05, 3.63) is 77.1 Å². The van der Waals surface area contributed by atoms with Crippen LogP contribution in [0.4, 0.5) is 4.39 Å². The number of hydrogen-bond acceptors (Lipinski definition) is 2. The Kier molecular flexibility index (Phi) is 6.74. The van der Waals surface area contributed by atoms with Crippen LogP contribution in [0.25, 0.3) is 6.08 Å². The van der Waals surface area contributed by atoms with E-state index in [4.69, 9.17) is 4.74 Å². The molecule has 1 fully saturated rings. The van der Waals surface area contributed by atoms with Gasteiger partial charge in [0.05, 0.1) is 13.2 Å². The standard InChI is InChI=1S/C22H25FN2O2/c1-17-2-7-19(8-3-17)21(16-25-12-14-27-15-13-25)24-22(26)11-6-18-4-9-20(23)10-5-18/h2-11,21H,12-16H2,1H3,(H,24,26)/p+1/b11-6+/t21-/m1/s1. The lowest BCUT2D eigenvalue weighted by molar-refractivity contribution is -0.909. The number of quaternary nitrogens is 1. The fraction of sp³-hybridized carbons (Fsp3) is 0.318. The summed E-state index contributed by atoms with van der Waals surface area (Å²) in [6, 6.07) is 14.3. The Morgan fingerprint density at radius 3 is 2.48 bits per heavy atom. The summed E-state index contributed by atoms with van der Waals surface area (Å²) in [5.41, 5.74) is 3.08. The molecule has 1 heterocycles. The third-order valence-electron chi connectivity index (χ3n) is 4.79. The lowest BCUT2D eigenvalue weighted by atomic mass is 10.0. The van der Waals surface area contributed by atoms with Crippen LogP contribution in [-0.2, 0) is 9.53 Å². The predicted molar refractivity (Wildman–Crippen MR) is 104 cm³/mol. The number of morpholine rings is 1. The molecular formula is C22H26FN2O2+. The molecule has 4 nitrogen and oxygen atoms in total. The first-order valence-corrected chi connectivity index (χ1v) is 9.32. The van der Waals surface area contributed by atoms with Crippen LogP contribution in [0, 0.1) is 12.7 Å². The number of hydrogen-bond donors (Lipinski definition) is 2. The van der Waals surface area contributed by atoms with Crippen molar-refractivity contribution in [2.45, 2.75) is 13.0 Å². The minimum atomic E-state index is -0.287. The number of benzene rings is 2. The van der Waals surface area contributed by atoms with E-state index in [1.807, 2.05) is 0 Å². The van der Waals surface area contributed by atoms with E-state index in [-0.39, 0.29) is 17.8 Å². The number of rotatable bonds is 6. The highest BCUT2D eigenvalue weighted by atomic mass is 19.1. The number of amides is 1. The first-order chi connectivity index (χ1) is 13.1. The normalized spacial score (nSPS) is 16.4. The van der Waals surface area contributed by atoms with E-state index < -0.39 is 0 Å². The Bertz CT molecular complexity index is 766. The van der Waals surface area contributed by atoms with E-state index in [1.165, 1.54) is 28.7 Å². The number of halogens is 1. The summed E-state index contributed by atoms with van der Waals surface area (Å²) in [5, 5.41) is 3.12. The molecule has 1 aliphatic heterocycles. The molecule has 0 aromatic heterocycles. The molecule has 2 N–H and O–H groups in total. The highest BCUT2D eigenvalue weighted by Crippen LogP contribution is 2.13. The van der Waals surface area contributed by atoms with Crippen LogP contribution in [-0.4, -0.2) is 38.8 Å². The van der Waals surface area contributed by atoms with Crippen LogP contribution in [0.2, 0.25) is 0 Å². The maximum Gasteiger partial charge on any atom is 0.244 e. The molecule has 27 heavy (non-hydrogen) atoms. The summed E-state index contributed by atoms with van der Waals surface area (Å²) < 4.78 is 18.4. The van der Waals surface area contributed by atoms with Gasteiger partial charge < -0.3 is 15.0 Å². The third-order valence-corrected chi connectivity index (χ3v) is 4.79. The monoisotopic (exact) mass is 369 g/mol. The number of nitrogens with one attached hydrogen (secondary N) is 2. The molecule has 0 spiro atoms. The van der Waals surface area contributed by atoms with Crippen molar-refractivity contribution in [2.24, 2.45) is 0 Å². The molecule has 0 unspecified atom stereocenters. The molecule has 3 rings (SSSR count). The van der Waals surface area contributed by atoms with E-state index in [9.17, 15) is 9.18 Å². The van der Waals surface area contributed by atoms with E-state index in [1.54, 1.807) is 18.2 Å². The summed E-state index contributed by atoms with van der Waals surface area (Å²) in [5.74, 6) is -0.443. The number of aryl methyl sites for hydroxylation is 1. The molecule has 0 saturated carbocycles. The van der Waals surface area contributed by atoms with Gasteiger partial charge in [-0.3, -0.25) is 4.79 Å². The van der Waals surface area contributed by atoms with Crippen molar-refractivity contribution in [2.75, 3.05) is 32.8 Å². The second-order valence-corrected chi connectivity index (χ2v) is 6.92. The molecule has 1 saturated heterocycles. The van der Waals surface area contributed by atoms with Gasteiger partial charge in [0, 0.05) is 6.08 Å². The van der Waals surface area contributed by atoms with Crippen LogP contribution >= 0.6 is 0 Å². The molecule has 0 radical (unpaired) electrons. The topological polar surface area (TPSA) is 42.8 Å². The molecule has 1 aliphatic rings. The van der Waals surface area contributed by atoms with E-state index in [0.717, 1.165) is 44.0 Å². The van der Waals surface area contributed by atoms with Gasteiger partial charge in [-0.2, -0.15) is 0 Å². The van der Waals surface area contributed by atoms with Crippen molar-refractivity contribution >= 4 is 12.0 Å². The van der Waals surface area contributed by atoms with Gasteiger partial charge in [-0.25, -0.2) is 4.39 Å². The first kappa shape index (κ1) is 19.3. The fourth-order valence-corrected chi connectivity index (χ4v) is 3.17. The van der Waals surface area contributed by atoms with Gasteiger partial charge in [0.2, 0.25) is 5.91 Å². The van der Waals surface area contributed by atoms with Crippen molar-refractivity contribution < 1.29 is 18.8 Å². The highest BCUT2D eigenvalue weighted by molar-refractivity contribution is 5.92. The first-order valence-electron chi connectivity index (χ1n) is 9.32. The molecule has 0 aliphatic carbocycles. The number of carbonyl (C=O) groups is 1. The zero-order valence-corrected chi connectivity index (χ0v) is 15.6. The Morgan fingerprint density at radius 2 is 1.81 bits per heavy atom. The summed E-state index contributed by atoms with van der Waals surface area (Å²) >= 11 is 0. The Hall–Kier alpha value is -2.50. The zero-order chi connectivity index (χ0) is 19.1. The van der Waals surface area contributed by atoms with Crippen molar-refractivity contribution in [3.63, 3.8) is 0 Å². The molecule has 142 valence electrons. The van der Waals surface area contributed by atoms with Gasteiger partial charge in [0.25, 0.3) is 0 Å². The molecule has 2 aromatic carbocycles. The number of ether oxygens (including phenoxy) is 1. The predicted octanol–water partition coefficient (Wildman–Crippen LogP) is 1.92. The van der Waals surface area contributed by atoms with Crippen molar-refractivity contribution in [3.8, 4) is 0 Å². The minimum absolute atomic E-state index is 0.0657. The lowest BCUT2D eigenvalue weighted by Gasteiger charge is -2.28. The molecule has 1 atom stereocenters. The summed E-state index contributed by atoms with van der Waals surface area (Å²) in [7, 11) is 0. The number of carbonyl (C=O) groups excluding carboxylic acids is 1. The summed E-state index contributed by atoms with van der Waals surface area (Å²) in [6.07, 6.45) is 3.20. The highest BCUT2D eigenvalue weighted by Gasteiger charge is 2.22. The van der Waals surface area contributed by atoms with E-state index >= 15 is 0 Å². The largest absolute Gasteiger partial charge is 0.370 e. The molecule has 2 aromatic rings. The molecular weight excluding hydrogens is 343 g/mol. The second-order valence-electron chi connectivity index (χ2n) is 6.92. The quantitative estimate of drug-likeness (QED) is 0.764. The van der Waals surface area contributed by atoms with Crippen LogP contribution in [0.1, 0.15) is 22.7 Å². The van der Waals surface area contributed by atoms with Gasteiger partial charge in [0.1, 0.15) is 31.5 Å². The summed E-state index contributed by atoms with van der Waals surface area (Å²) in [4.78, 5) is 13.9. The molecule has 0 bridgehead atoms. The smallest absolute Gasteiger partial charge is 0.244 e.